The number of nitrogens with two attached hydrogens (primary N) is 1. The Bertz CT molecular complexity index is 999. The number of benzene rings is 1. The molecule has 0 spiro atoms. The van der Waals surface area contributed by atoms with E-state index in [1.807, 2.05) is 6.07 Å². The maximum Gasteiger partial charge on any atom is 0.259 e. The van der Waals surface area contributed by atoms with E-state index in [-0.39, 0.29) is 12.5 Å². The Morgan fingerprint density at radius 3 is 2.94 bits per heavy atom. The summed E-state index contributed by atoms with van der Waals surface area (Å²) in [5.74, 6) is -0.633. The molecule has 1 unspecified atom stereocenters. The van der Waals surface area contributed by atoms with Crippen molar-refractivity contribution in [3.05, 3.63) is 63.9 Å². The standard InChI is InChI=1S/C23H27ClN4O3/c24-18-6-5-15(12-25)17(11-18)14-27-21(29)20-4-2-10-28(20)22(30)23(31)8-1-3-16-13-26-9-7-19(16)23/h5-7,9,11,13,20,31H,1-4,8,10,12,14,25H2,(H,27,29)/t20-,23?/m0/s1. The van der Waals surface area contributed by atoms with Gasteiger partial charge in [-0.25, -0.2) is 0 Å². The molecule has 4 N–H and O–H groups in total. The van der Waals surface area contributed by atoms with Crippen LogP contribution in [0.4, 0.5) is 0 Å². The lowest BCUT2D eigenvalue weighted by atomic mass is 9.79. The molecule has 1 saturated heterocycles. The summed E-state index contributed by atoms with van der Waals surface area (Å²) in [6, 6.07) is 6.51. The van der Waals surface area contributed by atoms with Crippen LogP contribution in [-0.4, -0.2) is 39.4 Å². The van der Waals surface area contributed by atoms with Crippen molar-refractivity contribution in [2.24, 2.45) is 5.73 Å². The highest BCUT2D eigenvalue weighted by molar-refractivity contribution is 6.30. The third-order valence-corrected chi connectivity index (χ3v) is 6.58. The van der Waals surface area contributed by atoms with Gasteiger partial charge < -0.3 is 21.1 Å². The normalized spacial score (nSPS) is 22.8. The zero-order valence-electron chi connectivity index (χ0n) is 17.3. The van der Waals surface area contributed by atoms with Crippen molar-refractivity contribution in [3.8, 4) is 0 Å². The van der Waals surface area contributed by atoms with E-state index in [0.29, 0.717) is 49.4 Å². The average molecular weight is 443 g/mol. The van der Waals surface area contributed by atoms with Gasteiger partial charge in [0.1, 0.15) is 6.04 Å². The molecule has 164 valence electrons. The zero-order valence-corrected chi connectivity index (χ0v) is 18.1. The van der Waals surface area contributed by atoms with Gasteiger partial charge in [-0.3, -0.25) is 14.6 Å². The Balaban J connectivity index is 1.50. The molecular weight excluding hydrogens is 416 g/mol. The van der Waals surface area contributed by atoms with E-state index < -0.39 is 17.6 Å². The molecule has 4 rings (SSSR count). The number of rotatable bonds is 5. The minimum Gasteiger partial charge on any atom is -0.375 e. The van der Waals surface area contributed by atoms with Crippen molar-refractivity contribution in [1.82, 2.24) is 15.2 Å². The fourth-order valence-corrected chi connectivity index (χ4v) is 4.89. The summed E-state index contributed by atoms with van der Waals surface area (Å²) < 4.78 is 0. The molecule has 8 heteroatoms. The molecule has 2 aromatic rings. The number of amides is 2. The van der Waals surface area contributed by atoms with E-state index in [2.05, 4.69) is 10.3 Å². The van der Waals surface area contributed by atoms with Crippen molar-refractivity contribution in [3.63, 3.8) is 0 Å². The molecule has 1 aromatic heterocycles. The Morgan fingerprint density at radius 2 is 2.13 bits per heavy atom. The number of nitrogens with one attached hydrogen (secondary N) is 1. The highest BCUT2D eigenvalue weighted by Crippen LogP contribution is 2.38. The Morgan fingerprint density at radius 1 is 1.29 bits per heavy atom. The maximum absolute atomic E-state index is 13.5. The number of pyridine rings is 1. The van der Waals surface area contributed by atoms with Crippen LogP contribution < -0.4 is 11.1 Å². The summed E-state index contributed by atoms with van der Waals surface area (Å²) in [7, 11) is 0. The third kappa shape index (κ3) is 4.18. The Kier molecular flexibility index (Phi) is 6.27. The molecule has 0 radical (unpaired) electrons. The Labute approximate surface area is 186 Å². The number of hydrogen-bond donors (Lipinski definition) is 3. The lowest BCUT2D eigenvalue weighted by Gasteiger charge is -2.37. The van der Waals surface area contributed by atoms with E-state index in [4.69, 9.17) is 17.3 Å². The molecule has 1 aliphatic carbocycles. The van der Waals surface area contributed by atoms with Crippen LogP contribution in [0.5, 0.6) is 0 Å². The van der Waals surface area contributed by atoms with Crippen LogP contribution in [0.25, 0.3) is 0 Å². The second kappa shape index (κ2) is 8.94. The van der Waals surface area contributed by atoms with Crippen LogP contribution in [0, 0.1) is 0 Å². The highest BCUT2D eigenvalue weighted by Gasteiger charge is 2.47. The van der Waals surface area contributed by atoms with Gasteiger partial charge in [0.15, 0.2) is 5.60 Å². The van der Waals surface area contributed by atoms with Crippen LogP contribution in [0.2, 0.25) is 5.02 Å². The summed E-state index contributed by atoms with van der Waals surface area (Å²) in [6.45, 7) is 1.08. The number of hydrogen-bond acceptors (Lipinski definition) is 5. The first-order chi connectivity index (χ1) is 14.9. The zero-order chi connectivity index (χ0) is 22.0. The van der Waals surface area contributed by atoms with E-state index in [9.17, 15) is 14.7 Å². The first-order valence-corrected chi connectivity index (χ1v) is 11.0. The third-order valence-electron chi connectivity index (χ3n) is 6.35. The molecule has 2 aliphatic rings. The molecular formula is C23H27ClN4O3. The van der Waals surface area contributed by atoms with Crippen molar-refractivity contribution < 1.29 is 14.7 Å². The van der Waals surface area contributed by atoms with Gasteiger partial charge in [0.25, 0.3) is 5.91 Å². The summed E-state index contributed by atoms with van der Waals surface area (Å²) in [5.41, 5.74) is 7.43. The summed E-state index contributed by atoms with van der Waals surface area (Å²) in [5, 5.41) is 14.9. The number of aliphatic hydroxyl groups is 1. The van der Waals surface area contributed by atoms with Crippen molar-refractivity contribution in [1.29, 1.82) is 0 Å². The minimum atomic E-state index is -1.61. The molecule has 2 amide bonds. The lowest BCUT2D eigenvalue weighted by molar-refractivity contribution is -0.157. The lowest BCUT2D eigenvalue weighted by Crippen LogP contribution is -2.53. The number of carbonyl (C=O) groups is 2. The first-order valence-electron chi connectivity index (χ1n) is 10.7. The highest BCUT2D eigenvalue weighted by atomic mass is 35.5. The molecule has 7 nitrogen and oxygen atoms in total. The molecule has 0 saturated carbocycles. The van der Waals surface area contributed by atoms with Gasteiger partial charge >= 0.3 is 0 Å². The fourth-order valence-electron chi connectivity index (χ4n) is 4.70. The molecule has 0 bridgehead atoms. The molecule has 1 aromatic carbocycles. The van der Waals surface area contributed by atoms with Crippen LogP contribution in [0.1, 0.15) is 47.9 Å². The maximum atomic E-state index is 13.5. The van der Waals surface area contributed by atoms with E-state index in [1.54, 1.807) is 30.6 Å². The van der Waals surface area contributed by atoms with Gasteiger partial charge in [0, 0.05) is 37.1 Å². The number of halogens is 1. The van der Waals surface area contributed by atoms with Crippen LogP contribution in [0.15, 0.2) is 36.7 Å². The molecule has 2 heterocycles. The van der Waals surface area contributed by atoms with Crippen LogP contribution >= 0.6 is 11.6 Å². The topological polar surface area (TPSA) is 109 Å². The van der Waals surface area contributed by atoms with E-state index in [0.717, 1.165) is 23.1 Å². The second-order valence-corrected chi connectivity index (χ2v) is 8.67. The van der Waals surface area contributed by atoms with Gasteiger partial charge in [-0.15, -0.1) is 0 Å². The molecule has 1 fully saturated rings. The molecule has 31 heavy (non-hydrogen) atoms. The van der Waals surface area contributed by atoms with Gasteiger partial charge in [-0.1, -0.05) is 17.7 Å². The van der Waals surface area contributed by atoms with Crippen LogP contribution in [-0.2, 0) is 34.7 Å². The van der Waals surface area contributed by atoms with Gasteiger partial charge in [0.05, 0.1) is 0 Å². The fraction of sp³-hybridized carbons (Fsp3) is 0.435. The Hall–Kier alpha value is -2.48. The quantitative estimate of drug-likeness (QED) is 0.656. The van der Waals surface area contributed by atoms with Gasteiger partial charge in [-0.2, -0.15) is 0 Å². The number of aryl methyl sites for hydroxylation is 1. The second-order valence-electron chi connectivity index (χ2n) is 8.24. The van der Waals surface area contributed by atoms with Crippen molar-refractivity contribution >= 4 is 23.4 Å². The number of fused-ring (bicyclic) bond motifs is 1. The van der Waals surface area contributed by atoms with E-state index >= 15 is 0 Å². The predicted molar refractivity (Wildman–Crippen MR) is 117 cm³/mol. The number of aromatic nitrogens is 1. The van der Waals surface area contributed by atoms with E-state index in [1.165, 1.54) is 4.90 Å². The number of likely N-dealkylation sites (tertiary alicyclic amines) is 1. The van der Waals surface area contributed by atoms with Gasteiger partial charge in [-0.05, 0) is 72.6 Å². The van der Waals surface area contributed by atoms with Crippen LogP contribution in [0.3, 0.4) is 0 Å². The first kappa shape index (κ1) is 21.7. The van der Waals surface area contributed by atoms with Crippen molar-refractivity contribution in [2.75, 3.05) is 6.54 Å². The van der Waals surface area contributed by atoms with Gasteiger partial charge in [0.2, 0.25) is 5.91 Å². The minimum absolute atomic E-state index is 0.233. The number of nitrogens with zero attached hydrogens (tertiary/aromatic N) is 2. The largest absolute Gasteiger partial charge is 0.375 e. The average Bonchev–Trinajstić information content (AvgIpc) is 3.27. The van der Waals surface area contributed by atoms with Crippen molar-refractivity contribution in [2.45, 2.75) is 56.8 Å². The predicted octanol–water partition coefficient (Wildman–Crippen LogP) is 2.02. The summed E-state index contributed by atoms with van der Waals surface area (Å²) >= 11 is 6.08. The smallest absolute Gasteiger partial charge is 0.259 e. The monoisotopic (exact) mass is 442 g/mol. The molecule has 1 aliphatic heterocycles. The summed E-state index contributed by atoms with van der Waals surface area (Å²) in [4.78, 5) is 32.1. The SMILES string of the molecule is NCc1ccc(Cl)cc1CNC(=O)[C@@H]1CCCN1C(=O)C1(O)CCCc2cnccc21. The number of carbonyl (C=O) groups excluding carboxylic acids is 2. The molecule has 2 atom stereocenters. The summed E-state index contributed by atoms with van der Waals surface area (Å²) in [6.07, 6.45) is 6.41.